The standard InChI is InChI=1S/C28H26Cl2N2O5/c1-28(36)15-22(33)24(26(34)31-19-9-5-17(29)6-10-19)23(16-3-13-21(37-2)14-4-16)25(28)27(35)32-20-11-7-18(30)8-12-20/h3-14,23-25,36H,15H2,1-2H3,(H,31,34)(H,32,35)/t23-,24-,25-,28+/m1/s1. The Morgan fingerprint density at radius 1 is 0.865 bits per heavy atom. The van der Waals surface area contributed by atoms with E-state index in [1.807, 2.05) is 0 Å². The third kappa shape index (κ3) is 5.96. The molecule has 0 bridgehead atoms. The number of aliphatic hydroxyl groups is 1. The van der Waals surface area contributed by atoms with E-state index < -0.39 is 41.0 Å². The second-order valence-electron chi connectivity index (χ2n) is 9.25. The number of rotatable bonds is 6. The average Bonchev–Trinajstić information content (AvgIpc) is 2.85. The Labute approximate surface area is 224 Å². The van der Waals surface area contributed by atoms with E-state index in [9.17, 15) is 19.5 Å². The van der Waals surface area contributed by atoms with Crippen LogP contribution in [0.3, 0.4) is 0 Å². The molecule has 3 aromatic carbocycles. The van der Waals surface area contributed by atoms with Crippen molar-refractivity contribution in [2.24, 2.45) is 11.8 Å². The second-order valence-corrected chi connectivity index (χ2v) is 10.1. The lowest BCUT2D eigenvalue weighted by Crippen LogP contribution is -2.56. The van der Waals surface area contributed by atoms with Gasteiger partial charge in [-0.3, -0.25) is 14.4 Å². The summed E-state index contributed by atoms with van der Waals surface area (Å²) in [6.07, 6.45) is -0.364. The minimum Gasteiger partial charge on any atom is -0.497 e. The van der Waals surface area contributed by atoms with Crippen LogP contribution in [-0.2, 0) is 14.4 Å². The highest BCUT2D eigenvalue weighted by Gasteiger charge is 2.55. The van der Waals surface area contributed by atoms with Crippen molar-refractivity contribution in [3.8, 4) is 5.75 Å². The number of Topliss-reactive ketones (excluding diaryl/α,β-unsaturated/α-hetero) is 1. The van der Waals surface area contributed by atoms with Gasteiger partial charge in [0.15, 0.2) is 0 Å². The molecular formula is C28H26Cl2N2O5. The summed E-state index contributed by atoms with van der Waals surface area (Å²) in [5.41, 5.74) is -0.246. The van der Waals surface area contributed by atoms with Gasteiger partial charge >= 0.3 is 0 Å². The van der Waals surface area contributed by atoms with E-state index in [-0.39, 0.29) is 6.42 Å². The van der Waals surface area contributed by atoms with E-state index in [4.69, 9.17) is 27.9 Å². The van der Waals surface area contributed by atoms with Crippen LogP contribution in [0.5, 0.6) is 5.75 Å². The molecule has 0 heterocycles. The normalized spacial score (nSPS) is 23.3. The molecule has 1 aliphatic rings. The molecule has 0 unspecified atom stereocenters. The van der Waals surface area contributed by atoms with Gasteiger partial charge in [0, 0.05) is 33.8 Å². The Bertz CT molecular complexity index is 1290. The first kappa shape index (κ1) is 26.7. The third-order valence-electron chi connectivity index (χ3n) is 6.56. The molecule has 0 radical (unpaired) electrons. The minimum absolute atomic E-state index is 0.364. The summed E-state index contributed by atoms with van der Waals surface area (Å²) in [5, 5.41) is 17.9. The van der Waals surface area contributed by atoms with E-state index in [0.717, 1.165) is 0 Å². The third-order valence-corrected chi connectivity index (χ3v) is 7.06. The lowest BCUT2D eigenvalue weighted by atomic mass is 9.61. The summed E-state index contributed by atoms with van der Waals surface area (Å²) in [7, 11) is 1.52. The quantitative estimate of drug-likeness (QED) is 0.367. The molecule has 7 nitrogen and oxygen atoms in total. The number of ether oxygens (including phenoxy) is 1. The van der Waals surface area contributed by atoms with Crippen LogP contribution in [0.1, 0.15) is 24.8 Å². The minimum atomic E-state index is -1.71. The van der Waals surface area contributed by atoms with E-state index in [2.05, 4.69) is 10.6 Å². The van der Waals surface area contributed by atoms with Gasteiger partial charge in [-0.15, -0.1) is 0 Å². The summed E-state index contributed by atoms with van der Waals surface area (Å²) < 4.78 is 5.25. The molecule has 37 heavy (non-hydrogen) atoms. The zero-order chi connectivity index (χ0) is 26.7. The van der Waals surface area contributed by atoms with Gasteiger partial charge in [0.05, 0.1) is 18.6 Å². The van der Waals surface area contributed by atoms with Gasteiger partial charge in [-0.25, -0.2) is 0 Å². The Morgan fingerprint density at radius 3 is 1.84 bits per heavy atom. The number of benzene rings is 3. The van der Waals surface area contributed by atoms with Crippen molar-refractivity contribution < 1.29 is 24.2 Å². The van der Waals surface area contributed by atoms with Crippen molar-refractivity contribution in [1.29, 1.82) is 0 Å². The van der Waals surface area contributed by atoms with E-state index in [1.165, 1.54) is 14.0 Å². The summed E-state index contributed by atoms with van der Waals surface area (Å²) in [6.45, 7) is 1.45. The molecule has 0 spiro atoms. The van der Waals surface area contributed by atoms with Crippen molar-refractivity contribution in [1.82, 2.24) is 0 Å². The maximum atomic E-state index is 13.7. The van der Waals surface area contributed by atoms with E-state index >= 15 is 0 Å². The molecule has 0 aliphatic heterocycles. The topological polar surface area (TPSA) is 105 Å². The smallest absolute Gasteiger partial charge is 0.235 e. The van der Waals surface area contributed by atoms with Crippen molar-refractivity contribution in [2.75, 3.05) is 17.7 Å². The van der Waals surface area contributed by atoms with Crippen LogP contribution in [0.15, 0.2) is 72.8 Å². The van der Waals surface area contributed by atoms with Gasteiger partial charge in [-0.2, -0.15) is 0 Å². The fourth-order valence-electron chi connectivity index (χ4n) is 4.82. The van der Waals surface area contributed by atoms with Crippen LogP contribution in [0.25, 0.3) is 0 Å². The predicted molar refractivity (Wildman–Crippen MR) is 143 cm³/mol. The lowest BCUT2D eigenvalue weighted by molar-refractivity contribution is -0.150. The van der Waals surface area contributed by atoms with Crippen LogP contribution in [-0.4, -0.2) is 35.4 Å². The molecule has 1 fully saturated rings. The highest BCUT2D eigenvalue weighted by molar-refractivity contribution is 6.31. The molecule has 0 saturated heterocycles. The number of anilines is 2. The van der Waals surface area contributed by atoms with E-state index in [1.54, 1.807) is 72.8 Å². The van der Waals surface area contributed by atoms with Gasteiger partial charge in [-0.1, -0.05) is 35.3 Å². The highest BCUT2D eigenvalue weighted by Crippen LogP contribution is 2.47. The zero-order valence-corrected chi connectivity index (χ0v) is 21.7. The van der Waals surface area contributed by atoms with Crippen molar-refractivity contribution in [2.45, 2.75) is 24.9 Å². The predicted octanol–water partition coefficient (Wildman–Crippen LogP) is 5.32. The van der Waals surface area contributed by atoms with Gasteiger partial charge in [0.1, 0.15) is 17.5 Å². The monoisotopic (exact) mass is 540 g/mol. The number of methoxy groups -OCH3 is 1. The molecule has 3 aromatic rings. The van der Waals surface area contributed by atoms with Crippen LogP contribution >= 0.6 is 23.2 Å². The summed E-state index contributed by atoms with van der Waals surface area (Å²) in [4.78, 5) is 40.5. The first-order valence-corrected chi connectivity index (χ1v) is 12.4. The first-order chi connectivity index (χ1) is 17.6. The highest BCUT2D eigenvalue weighted by atomic mass is 35.5. The molecule has 2 amide bonds. The number of ketones is 1. The zero-order valence-electron chi connectivity index (χ0n) is 20.2. The molecular weight excluding hydrogens is 515 g/mol. The Morgan fingerprint density at radius 2 is 1.35 bits per heavy atom. The fourth-order valence-corrected chi connectivity index (χ4v) is 5.08. The average molecular weight is 541 g/mol. The van der Waals surface area contributed by atoms with Crippen molar-refractivity contribution in [3.63, 3.8) is 0 Å². The molecule has 192 valence electrons. The van der Waals surface area contributed by atoms with Crippen LogP contribution in [0.4, 0.5) is 11.4 Å². The Kier molecular flexibility index (Phi) is 7.87. The second kappa shape index (κ2) is 10.9. The number of nitrogens with one attached hydrogen (secondary N) is 2. The number of hydrogen-bond donors (Lipinski definition) is 3. The van der Waals surface area contributed by atoms with Crippen molar-refractivity contribution in [3.05, 3.63) is 88.4 Å². The van der Waals surface area contributed by atoms with Gasteiger partial charge < -0.3 is 20.5 Å². The van der Waals surface area contributed by atoms with Crippen LogP contribution < -0.4 is 15.4 Å². The van der Waals surface area contributed by atoms with Gasteiger partial charge in [0.25, 0.3) is 0 Å². The molecule has 9 heteroatoms. The number of amides is 2. The van der Waals surface area contributed by atoms with Gasteiger partial charge in [-0.05, 0) is 73.2 Å². The molecule has 1 aliphatic carbocycles. The lowest BCUT2D eigenvalue weighted by Gasteiger charge is -2.44. The van der Waals surface area contributed by atoms with Crippen molar-refractivity contribution >= 4 is 52.2 Å². The maximum absolute atomic E-state index is 13.7. The number of carbonyl (C=O) groups is 3. The number of carbonyl (C=O) groups excluding carboxylic acids is 3. The Balaban J connectivity index is 1.75. The summed E-state index contributed by atoms with van der Waals surface area (Å²) in [6, 6.07) is 19.8. The van der Waals surface area contributed by atoms with E-state index in [0.29, 0.717) is 32.7 Å². The SMILES string of the molecule is COc1ccc([C@@H]2[C@H](C(=O)Nc3ccc(Cl)cc3)C(=O)C[C@](C)(O)[C@H]2C(=O)Nc2ccc(Cl)cc2)cc1. The maximum Gasteiger partial charge on any atom is 0.235 e. The number of halogens is 2. The molecule has 4 atom stereocenters. The molecule has 4 rings (SSSR count). The fraction of sp³-hybridized carbons (Fsp3) is 0.250. The van der Waals surface area contributed by atoms with Crippen LogP contribution in [0.2, 0.25) is 10.0 Å². The molecule has 3 N–H and O–H groups in total. The molecule has 1 saturated carbocycles. The number of hydrogen-bond acceptors (Lipinski definition) is 5. The van der Waals surface area contributed by atoms with Crippen LogP contribution in [0, 0.1) is 11.8 Å². The summed E-state index contributed by atoms with van der Waals surface area (Å²) >= 11 is 11.9. The van der Waals surface area contributed by atoms with Gasteiger partial charge in [0.2, 0.25) is 11.8 Å². The summed E-state index contributed by atoms with van der Waals surface area (Å²) in [5.74, 6) is -4.31. The largest absolute Gasteiger partial charge is 0.497 e. The first-order valence-electron chi connectivity index (χ1n) is 11.6. The Hall–Kier alpha value is -3.39. The molecule has 0 aromatic heterocycles.